The van der Waals surface area contributed by atoms with Gasteiger partial charge in [-0.15, -0.1) is 0 Å². The van der Waals surface area contributed by atoms with Crippen LogP contribution in [0.25, 0.3) is 0 Å². The zero-order valence-electron chi connectivity index (χ0n) is 21.8. The highest BCUT2D eigenvalue weighted by Gasteiger charge is 2.19. The number of amides is 2. The second kappa shape index (κ2) is 14.6. The van der Waals surface area contributed by atoms with Crippen LogP contribution < -0.4 is 20.7 Å². The van der Waals surface area contributed by atoms with E-state index in [2.05, 4.69) is 32.3 Å². The van der Waals surface area contributed by atoms with Gasteiger partial charge in [-0.3, -0.25) is 10.6 Å². The first-order valence-corrected chi connectivity index (χ1v) is 12.4. The molecule has 0 aliphatic heterocycles. The molecule has 9 heteroatoms. The van der Waals surface area contributed by atoms with E-state index in [9.17, 15) is 14.7 Å². The van der Waals surface area contributed by atoms with Gasteiger partial charge in [0, 0.05) is 29.9 Å². The summed E-state index contributed by atoms with van der Waals surface area (Å²) >= 11 is 0. The molecule has 0 saturated carbocycles. The summed E-state index contributed by atoms with van der Waals surface area (Å²) in [5.74, 6) is 0.726. The summed E-state index contributed by atoms with van der Waals surface area (Å²) in [6.45, 7) is 2.64. The number of benzene rings is 3. The minimum absolute atomic E-state index is 0.00886. The smallest absolute Gasteiger partial charge is 0.411 e. The largest absolute Gasteiger partial charge is 0.491 e. The Kier molecular flexibility index (Phi) is 11.0. The van der Waals surface area contributed by atoms with Crippen LogP contribution in [-0.4, -0.2) is 56.8 Å². The average Bonchev–Trinajstić information content (AvgIpc) is 2.95. The molecular formula is C29H35N3O6. The molecule has 4 N–H and O–H groups in total. The topological polar surface area (TPSA) is 118 Å². The van der Waals surface area contributed by atoms with Crippen molar-refractivity contribution in [3.8, 4) is 5.75 Å². The highest BCUT2D eigenvalue weighted by molar-refractivity contribution is 5.85. The summed E-state index contributed by atoms with van der Waals surface area (Å²) in [6.07, 6.45) is -0.991. The highest BCUT2D eigenvalue weighted by atomic mass is 16.5. The maximum absolute atomic E-state index is 11.5. The van der Waals surface area contributed by atoms with Gasteiger partial charge in [0.2, 0.25) is 0 Å². The molecule has 0 aromatic heterocycles. The number of aliphatic hydroxyl groups is 1. The molecule has 0 aliphatic rings. The van der Waals surface area contributed by atoms with Gasteiger partial charge in [0.1, 0.15) is 18.5 Å². The number of para-hydroxylation sites is 1. The number of carbonyl (C=O) groups excluding carboxylic acids is 2. The minimum atomic E-state index is -0.663. The van der Waals surface area contributed by atoms with Gasteiger partial charge < -0.3 is 24.6 Å². The predicted molar refractivity (Wildman–Crippen MR) is 147 cm³/mol. The van der Waals surface area contributed by atoms with Crippen molar-refractivity contribution in [2.24, 2.45) is 0 Å². The van der Waals surface area contributed by atoms with E-state index in [-0.39, 0.29) is 18.6 Å². The Morgan fingerprint density at radius 3 is 1.76 bits per heavy atom. The van der Waals surface area contributed by atoms with Gasteiger partial charge in [-0.05, 0) is 60.9 Å². The first kappa shape index (κ1) is 28.5. The maximum atomic E-state index is 11.5. The van der Waals surface area contributed by atoms with Gasteiger partial charge in [-0.25, -0.2) is 9.59 Å². The first-order chi connectivity index (χ1) is 18.4. The Morgan fingerprint density at radius 2 is 1.29 bits per heavy atom. The fraction of sp³-hybridized carbons (Fsp3) is 0.310. The van der Waals surface area contributed by atoms with Crippen molar-refractivity contribution in [2.75, 3.05) is 38.0 Å². The summed E-state index contributed by atoms with van der Waals surface area (Å²) in [7, 11) is 2.63. The Balaban J connectivity index is 1.67. The number of anilines is 2. The van der Waals surface area contributed by atoms with Gasteiger partial charge in [-0.1, -0.05) is 42.5 Å². The fourth-order valence-corrected chi connectivity index (χ4v) is 3.94. The molecule has 0 aliphatic carbocycles. The SMILES string of the molecule is COC(=O)Nc1ccc(C(C[C@H](C)NC[C@H](O)COc2ccccc2)c2ccc(NC(=O)OC)cc2)cc1. The summed E-state index contributed by atoms with van der Waals surface area (Å²) in [6, 6.07) is 24.6. The Labute approximate surface area is 223 Å². The Bertz CT molecular complexity index is 1080. The van der Waals surface area contributed by atoms with Gasteiger partial charge in [-0.2, -0.15) is 0 Å². The van der Waals surface area contributed by atoms with Crippen molar-refractivity contribution in [3.63, 3.8) is 0 Å². The second-order valence-corrected chi connectivity index (χ2v) is 8.85. The summed E-state index contributed by atoms with van der Waals surface area (Å²) in [4.78, 5) is 23.1. The molecule has 0 unspecified atom stereocenters. The second-order valence-electron chi connectivity index (χ2n) is 8.85. The molecule has 9 nitrogen and oxygen atoms in total. The van der Waals surface area contributed by atoms with E-state index in [1.807, 2.05) is 78.9 Å². The van der Waals surface area contributed by atoms with Gasteiger partial charge in [0.05, 0.1) is 14.2 Å². The lowest BCUT2D eigenvalue weighted by Crippen LogP contribution is -2.37. The summed E-state index contributed by atoms with van der Waals surface area (Å²) in [5, 5.41) is 19.1. The number of hydrogen-bond donors (Lipinski definition) is 4. The van der Waals surface area contributed by atoms with Crippen LogP contribution in [-0.2, 0) is 9.47 Å². The van der Waals surface area contributed by atoms with E-state index in [1.165, 1.54) is 14.2 Å². The standard InChI is InChI=1S/C29H35N3O6/c1-20(30-18-25(33)19-38-26-7-5-4-6-8-26)17-27(21-9-13-23(14-10-21)31-28(34)36-2)22-11-15-24(16-12-22)32-29(35)37-3/h4-16,20,25,27,30,33H,17-19H2,1-3H3,(H,31,34)(H,32,35)/t20-,25-/m0/s1. The van der Waals surface area contributed by atoms with Crippen molar-refractivity contribution >= 4 is 23.6 Å². The number of hydrogen-bond acceptors (Lipinski definition) is 7. The number of nitrogens with one attached hydrogen (secondary N) is 3. The van der Waals surface area contributed by atoms with E-state index in [4.69, 9.17) is 4.74 Å². The lowest BCUT2D eigenvalue weighted by molar-refractivity contribution is 0.103. The van der Waals surface area contributed by atoms with E-state index >= 15 is 0 Å². The molecule has 0 radical (unpaired) electrons. The molecule has 0 fully saturated rings. The third-order valence-corrected chi connectivity index (χ3v) is 5.97. The summed E-state index contributed by atoms with van der Waals surface area (Å²) < 4.78 is 15.0. The normalized spacial score (nSPS) is 12.3. The van der Waals surface area contributed by atoms with E-state index in [1.54, 1.807) is 0 Å². The van der Waals surface area contributed by atoms with Crippen molar-refractivity contribution in [2.45, 2.75) is 31.4 Å². The third-order valence-electron chi connectivity index (χ3n) is 5.97. The minimum Gasteiger partial charge on any atom is -0.491 e. The van der Waals surface area contributed by atoms with Gasteiger partial charge in [0.25, 0.3) is 0 Å². The Morgan fingerprint density at radius 1 is 0.789 bits per heavy atom. The molecule has 2 amide bonds. The molecule has 3 rings (SSSR count). The first-order valence-electron chi connectivity index (χ1n) is 12.4. The van der Waals surface area contributed by atoms with Crippen LogP contribution in [0.15, 0.2) is 78.9 Å². The molecule has 38 heavy (non-hydrogen) atoms. The van der Waals surface area contributed by atoms with Crippen LogP contribution >= 0.6 is 0 Å². The molecule has 2 atom stereocenters. The molecule has 0 saturated heterocycles. The molecule has 0 spiro atoms. The molecule has 0 bridgehead atoms. The van der Waals surface area contributed by atoms with Gasteiger partial charge in [0.15, 0.2) is 0 Å². The Hall–Kier alpha value is -4.08. The zero-order chi connectivity index (χ0) is 27.3. The van der Waals surface area contributed by atoms with Gasteiger partial charge >= 0.3 is 12.2 Å². The van der Waals surface area contributed by atoms with Crippen molar-refractivity contribution < 1.29 is 28.9 Å². The van der Waals surface area contributed by atoms with Crippen LogP contribution in [0, 0.1) is 0 Å². The van der Waals surface area contributed by atoms with Crippen LogP contribution in [0.4, 0.5) is 21.0 Å². The molecule has 202 valence electrons. The molecule has 0 heterocycles. The third kappa shape index (κ3) is 9.10. The average molecular weight is 522 g/mol. The summed E-state index contributed by atoms with van der Waals surface area (Å²) in [5.41, 5.74) is 3.36. The monoisotopic (exact) mass is 521 g/mol. The van der Waals surface area contributed by atoms with Crippen LogP contribution in [0.1, 0.15) is 30.4 Å². The number of rotatable bonds is 12. The predicted octanol–water partition coefficient (Wildman–Crippen LogP) is 4.98. The number of aliphatic hydroxyl groups excluding tert-OH is 1. The van der Waals surface area contributed by atoms with Crippen molar-refractivity contribution in [1.82, 2.24) is 5.32 Å². The lowest BCUT2D eigenvalue weighted by Gasteiger charge is -2.24. The van der Waals surface area contributed by atoms with Crippen LogP contribution in [0.3, 0.4) is 0 Å². The van der Waals surface area contributed by atoms with Crippen molar-refractivity contribution in [1.29, 1.82) is 0 Å². The van der Waals surface area contributed by atoms with E-state index < -0.39 is 18.3 Å². The van der Waals surface area contributed by atoms with E-state index in [0.717, 1.165) is 23.3 Å². The molecule has 3 aromatic carbocycles. The maximum Gasteiger partial charge on any atom is 0.411 e. The lowest BCUT2D eigenvalue weighted by atomic mass is 9.86. The molecule has 3 aromatic rings. The quantitative estimate of drug-likeness (QED) is 0.265. The zero-order valence-corrected chi connectivity index (χ0v) is 21.8. The van der Waals surface area contributed by atoms with E-state index in [0.29, 0.717) is 17.9 Å². The fourth-order valence-electron chi connectivity index (χ4n) is 3.94. The molecular weight excluding hydrogens is 486 g/mol. The number of ether oxygens (including phenoxy) is 3. The number of methoxy groups -OCH3 is 2. The number of carbonyl (C=O) groups is 2. The van der Waals surface area contributed by atoms with Crippen LogP contribution in [0.5, 0.6) is 5.75 Å². The van der Waals surface area contributed by atoms with Crippen molar-refractivity contribution in [3.05, 3.63) is 90.0 Å². The van der Waals surface area contributed by atoms with Crippen LogP contribution in [0.2, 0.25) is 0 Å². The highest BCUT2D eigenvalue weighted by Crippen LogP contribution is 2.31.